The van der Waals surface area contributed by atoms with E-state index in [1.165, 1.54) is 6.07 Å². The second-order valence-corrected chi connectivity index (χ2v) is 6.82. The third-order valence-corrected chi connectivity index (χ3v) is 4.74. The Bertz CT molecular complexity index is 1200. The van der Waals surface area contributed by atoms with E-state index < -0.39 is 12.0 Å². The number of carbonyl (C=O) groups excluding carboxylic acids is 2. The summed E-state index contributed by atoms with van der Waals surface area (Å²) in [5, 5.41) is 5.83. The van der Waals surface area contributed by atoms with Crippen molar-refractivity contribution in [3.63, 3.8) is 0 Å². The van der Waals surface area contributed by atoms with Crippen molar-refractivity contribution in [1.29, 1.82) is 0 Å². The molecule has 1 aromatic heterocycles. The van der Waals surface area contributed by atoms with Gasteiger partial charge in [0.05, 0.1) is 11.1 Å². The molecule has 7 heteroatoms. The van der Waals surface area contributed by atoms with Crippen LogP contribution in [0.4, 0.5) is 11.4 Å². The maximum Gasteiger partial charge on any atom is 0.291 e. The van der Waals surface area contributed by atoms with Crippen molar-refractivity contribution in [2.24, 2.45) is 0 Å². The van der Waals surface area contributed by atoms with Gasteiger partial charge in [-0.3, -0.25) is 14.4 Å². The van der Waals surface area contributed by atoms with Gasteiger partial charge in [-0.15, -0.1) is 0 Å². The van der Waals surface area contributed by atoms with Crippen LogP contribution in [0.15, 0.2) is 45.6 Å². The lowest BCUT2D eigenvalue weighted by Crippen LogP contribution is -2.34. The van der Waals surface area contributed by atoms with E-state index in [-0.39, 0.29) is 17.1 Å². The summed E-state index contributed by atoms with van der Waals surface area (Å²) in [5.41, 5.74) is 2.92. The van der Waals surface area contributed by atoms with Crippen molar-refractivity contribution in [2.75, 3.05) is 10.6 Å². The van der Waals surface area contributed by atoms with Gasteiger partial charge in [-0.05, 0) is 62.2 Å². The number of nitrogens with one attached hydrogen (secondary N) is 2. The molecular weight excluding hydrogens is 360 g/mol. The highest BCUT2D eigenvalue weighted by Gasteiger charge is 2.24. The summed E-state index contributed by atoms with van der Waals surface area (Å²) in [4.78, 5) is 36.7. The van der Waals surface area contributed by atoms with Crippen LogP contribution >= 0.6 is 0 Å². The molecule has 3 aromatic rings. The van der Waals surface area contributed by atoms with Crippen LogP contribution in [0.1, 0.15) is 28.6 Å². The van der Waals surface area contributed by atoms with E-state index in [9.17, 15) is 14.4 Å². The first-order valence-electron chi connectivity index (χ1n) is 8.80. The summed E-state index contributed by atoms with van der Waals surface area (Å²) in [5.74, 6) is -0.392. The molecule has 2 N–H and O–H groups in total. The number of hydrogen-bond donors (Lipinski definition) is 2. The van der Waals surface area contributed by atoms with Crippen molar-refractivity contribution in [2.45, 2.75) is 26.9 Å². The van der Waals surface area contributed by atoms with Gasteiger partial charge in [-0.1, -0.05) is 0 Å². The summed E-state index contributed by atoms with van der Waals surface area (Å²) >= 11 is 0. The van der Waals surface area contributed by atoms with Crippen LogP contribution in [-0.2, 0) is 4.79 Å². The summed E-state index contributed by atoms with van der Waals surface area (Å²) in [6, 6.07) is 9.57. The van der Waals surface area contributed by atoms with E-state index in [4.69, 9.17) is 9.15 Å². The average molecular weight is 378 g/mol. The smallest absolute Gasteiger partial charge is 0.291 e. The van der Waals surface area contributed by atoms with Gasteiger partial charge in [0.2, 0.25) is 0 Å². The highest BCUT2D eigenvalue weighted by Crippen LogP contribution is 2.32. The van der Waals surface area contributed by atoms with E-state index >= 15 is 0 Å². The van der Waals surface area contributed by atoms with Gasteiger partial charge in [0.15, 0.2) is 17.3 Å². The Kier molecular flexibility index (Phi) is 4.15. The van der Waals surface area contributed by atoms with Crippen molar-refractivity contribution < 1.29 is 18.7 Å². The molecule has 0 saturated carbocycles. The van der Waals surface area contributed by atoms with Gasteiger partial charge < -0.3 is 19.8 Å². The Labute approximate surface area is 160 Å². The molecule has 0 radical (unpaired) electrons. The molecule has 28 heavy (non-hydrogen) atoms. The Morgan fingerprint density at radius 2 is 1.82 bits per heavy atom. The molecule has 4 rings (SSSR count). The minimum atomic E-state index is -0.577. The van der Waals surface area contributed by atoms with E-state index in [1.807, 2.05) is 13.8 Å². The normalized spacial score (nSPS) is 15.5. The second kappa shape index (κ2) is 6.53. The van der Waals surface area contributed by atoms with Gasteiger partial charge >= 0.3 is 0 Å². The second-order valence-electron chi connectivity index (χ2n) is 6.82. The van der Waals surface area contributed by atoms with E-state index in [0.717, 1.165) is 11.1 Å². The maximum absolute atomic E-state index is 12.6. The standard InChI is InChI=1S/C21H18N2O5/c1-10-6-14-16(24)9-19(28-18(14)7-11(10)2)21(26)22-13-4-5-17-15(8-13)23-20(25)12(3)27-17/h4-9,12H,1-3H3,(H,22,26)(H,23,25)/t12-/m1/s1. The Morgan fingerprint density at radius 1 is 1.07 bits per heavy atom. The first kappa shape index (κ1) is 17.8. The van der Waals surface area contributed by atoms with Crippen LogP contribution in [0.25, 0.3) is 11.0 Å². The van der Waals surface area contributed by atoms with Crippen LogP contribution in [-0.4, -0.2) is 17.9 Å². The number of fused-ring (bicyclic) bond motifs is 2. The number of anilines is 2. The first-order chi connectivity index (χ1) is 13.3. The molecule has 0 fully saturated rings. The number of ether oxygens (including phenoxy) is 1. The maximum atomic E-state index is 12.6. The zero-order valence-electron chi connectivity index (χ0n) is 15.6. The molecule has 1 aliphatic rings. The van der Waals surface area contributed by atoms with Gasteiger partial charge in [-0.2, -0.15) is 0 Å². The monoisotopic (exact) mass is 378 g/mol. The molecule has 7 nitrogen and oxygen atoms in total. The molecule has 2 aromatic carbocycles. The zero-order chi connectivity index (χ0) is 20.0. The Hall–Kier alpha value is -3.61. The van der Waals surface area contributed by atoms with Gasteiger partial charge in [0, 0.05) is 11.8 Å². The zero-order valence-corrected chi connectivity index (χ0v) is 15.6. The highest BCUT2D eigenvalue weighted by atomic mass is 16.5. The molecule has 0 unspecified atom stereocenters. The molecule has 0 aliphatic carbocycles. The molecule has 1 aliphatic heterocycles. The van der Waals surface area contributed by atoms with Crippen molar-refractivity contribution in [1.82, 2.24) is 0 Å². The predicted octanol–water partition coefficient (Wildman–Crippen LogP) is 3.38. The van der Waals surface area contributed by atoms with Gasteiger partial charge in [0.1, 0.15) is 11.3 Å². The van der Waals surface area contributed by atoms with Crippen LogP contribution in [0.3, 0.4) is 0 Å². The molecule has 0 saturated heterocycles. The fraction of sp³-hybridized carbons (Fsp3) is 0.190. The van der Waals surface area contributed by atoms with Gasteiger partial charge in [-0.25, -0.2) is 0 Å². The quantitative estimate of drug-likeness (QED) is 0.712. The Balaban J connectivity index is 1.64. The number of aryl methyl sites for hydroxylation is 2. The van der Waals surface area contributed by atoms with Crippen molar-refractivity contribution in [3.8, 4) is 5.75 Å². The van der Waals surface area contributed by atoms with Crippen molar-refractivity contribution >= 4 is 34.2 Å². The summed E-state index contributed by atoms with van der Waals surface area (Å²) < 4.78 is 11.1. The van der Waals surface area contributed by atoms with Crippen LogP contribution in [0.5, 0.6) is 5.75 Å². The fourth-order valence-corrected chi connectivity index (χ4v) is 3.00. The van der Waals surface area contributed by atoms with E-state index in [1.54, 1.807) is 37.3 Å². The van der Waals surface area contributed by atoms with E-state index in [0.29, 0.717) is 28.1 Å². The highest BCUT2D eigenvalue weighted by molar-refractivity contribution is 6.04. The molecule has 1 atom stereocenters. The van der Waals surface area contributed by atoms with Crippen LogP contribution < -0.4 is 20.8 Å². The topological polar surface area (TPSA) is 97.6 Å². The SMILES string of the molecule is Cc1cc2oc(C(=O)Nc3ccc4c(c3)NC(=O)[C@@H](C)O4)cc(=O)c2cc1C. The predicted molar refractivity (Wildman–Crippen MR) is 105 cm³/mol. The number of benzene rings is 2. The molecule has 142 valence electrons. The van der Waals surface area contributed by atoms with E-state index in [2.05, 4.69) is 10.6 Å². The first-order valence-corrected chi connectivity index (χ1v) is 8.80. The fourth-order valence-electron chi connectivity index (χ4n) is 3.00. The van der Waals surface area contributed by atoms with Gasteiger partial charge in [0.25, 0.3) is 11.8 Å². The van der Waals surface area contributed by atoms with Crippen LogP contribution in [0.2, 0.25) is 0 Å². The minimum absolute atomic E-state index is 0.0904. The molecule has 2 heterocycles. The molecule has 0 bridgehead atoms. The Morgan fingerprint density at radius 3 is 2.61 bits per heavy atom. The molecule has 0 spiro atoms. The minimum Gasteiger partial charge on any atom is -0.479 e. The van der Waals surface area contributed by atoms with Crippen LogP contribution in [0, 0.1) is 13.8 Å². The van der Waals surface area contributed by atoms with Crippen molar-refractivity contribution in [3.05, 3.63) is 63.5 Å². The lowest BCUT2D eigenvalue weighted by Gasteiger charge is -2.23. The molecule has 2 amide bonds. The third-order valence-electron chi connectivity index (χ3n) is 4.74. The lowest BCUT2D eigenvalue weighted by atomic mass is 10.1. The lowest BCUT2D eigenvalue weighted by molar-refractivity contribution is -0.122. The number of amides is 2. The third kappa shape index (κ3) is 3.11. The summed E-state index contributed by atoms with van der Waals surface area (Å²) in [6.07, 6.45) is -0.577. The number of hydrogen-bond acceptors (Lipinski definition) is 5. The molecular formula is C21H18N2O5. The largest absolute Gasteiger partial charge is 0.479 e. The average Bonchev–Trinajstić information content (AvgIpc) is 2.64. The summed E-state index contributed by atoms with van der Waals surface area (Å²) in [6.45, 7) is 5.47. The number of rotatable bonds is 2. The number of carbonyl (C=O) groups is 2. The summed E-state index contributed by atoms with van der Waals surface area (Å²) in [7, 11) is 0.